The first-order valence-electron chi connectivity index (χ1n) is 5.04. The van der Waals surface area contributed by atoms with Crippen LogP contribution >= 0.6 is 15.9 Å². The van der Waals surface area contributed by atoms with Gasteiger partial charge in [0.1, 0.15) is 5.75 Å². The lowest BCUT2D eigenvalue weighted by molar-refractivity contribution is 0.269. The first kappa shape index (κ1) is 11.6. The van der Waals surface area contributed by atoms with E-state index < -0.39 is 0 Å². The van der Waals surface area contributed by atoms with Crippen molar-refractivity contribution in [3.8, 4) is 5.75 Å². The molecule has 1 nitrogen and oxygen atoms in total. The molecule has 0 atom stereocenters. The Hall–Kier alpha value is -0.500. The largest absolute Gasteiger partial charge is 0.492 e. The van der Waals surface area contributed by atoms with E-state index in [4.69, 9.17) is 4.74 Å². The summed E-state index contributed by atoms with van der Waals surface area (Å²) < 4.78 is 6.70. The average Bonchev–Trinajstić information content (AvgIpc) is 2.15. The van der Waals surface area contributed by atoms with Gasteiger partial charge in [0.25, 0.3) is 0 Å². The molecule has 1 aromatic rings. The molecule has 0 bridgehead atoms. The minimum absolute atomic E-state index is 0.563. The van der Waals surface area contributed by atoms with Crippen LogP contribution in [-0.2, 0) is 6.42 Å². The van der Waals surface area contributed by atoms with Gasteiger partial charge in [0.05, 0.1) is 11.1 Å². The lowest BCUT2D eigenvalue weighted by Gasteiger charge is -2.10. The molecule has 0 saturated carbocycles. The Morgan fingerprint density at radius 1 is 1.36 bits per heavy atom. The van der Waals surface area contributed by atoms with Crippen LogP contribution in [0.1, 0.15) is 26.3 Å². The van der Waals surface area contributed by atoms with Crippen molar-refractivity contribution in [3.63, 3.8) is 0 Å². The number of halogens is 1. The van der Waals surface area contributed by atoms with E-state index in [1.54, 1.807) is 0 Å². The second-order valence-corrected chi connectivity index (χ2v) is 4.68. The Bertz CT molecular complexity index is 294. The fourth-order valence-corrected chi connectivity index (χ4v) is 1.68. The highest BCUT2D eigenvalue weighted by Gasteiger charge is 2.02. The monoisotopic (exact) mass is 256 g/mol. The molecular formula is C12H17BrO. The first-order chi connectivity index (χ1) is 6.63. The van der Waals surface area contributed by atoms with Gasteiger partial charge in [-0.3, -0.25) is 0 Å². The van der Waals surface area contributed by atoms with Crippen LogP contribution in [0, 0.1) is 5.92 Å². The summed E-state index contributed by atoms with van der Waals surface area (Å²) in [5.74, 6) is 1.50. The number of aryl methyl sites for hydroxylation is 1. The summed E-state index contributed by atoms with van der Waals surface area (Å²) in [4.78, 5) is 0. The molecule has 0 radical (unpaired) electrons. The van der Waals surface area contributed by atoms with Gasteiger partial charge in [0.15, 0.2) is 0 Å². The molecule has 0 fully saturated rings. The minimum Gasteiger partial charge on any atom is -0.492 e. The lowest BCUT2D eigenvalue weighted by atomic mass is 10.2. The van der Waals surface area contributed by atoms with Gasteiger partial charge in [-0.05, 0) is 46.0 Å². The fraction of sp³-hybridized carbons (Fsp3) is 0.500. The highest BCUT2D eigenvalue weighted by Crippen LogP contribution is 2.26. The van der Waals surface area contributed by atoms with Crippen LogP contribution < -0.4 is 4.74 Å². The third-order valence-corrected chi connectivity index (χ3v) is 2.60. The van der Waals surface area contributed by atoms with E-state index in [0.29, 0.717) is 5.92 Å². The van der Waals surface area contributed by atoms with Crippen molar-refractivity contribution in [1.29, 1.82) is 0 Å². The van der Waals surface area contributed by atoms with Crippen molar-refractivity contribution in [2.24, 2.45) is 5.92 Å². The summed E-state index contributed by atoms with van der Waals surface area (Å²) in [6, 6.07) is 6.27. The van der Waals surface area contributed by atoms with E-state index in [2.05, 4.69) is 48.8 Å². The summed E-state index contributed by atoms with van der Waals surface area (Å²) in [5.41, 5.74) is 1.33. The molecule has 1 rings (SSSR count). The van der Waals surface area contributed by atoms with Gasteiger partial charge < -0.3 is 4.74 Å². The van der Waals surface area contributed by atoms with E-state index in [-0.39, 0.29) is 0 Å². The van der Waals surface area contributed by atoms with Gasteiger partial charge in [-0.1, -0.05) is 26.8 Å². The van der Waals surface area contributed by atoms with Crippen LogP contribution in [0.2, 0.25) is 0 Å². The second kappa shape index (κ2) is 5.40. The molecule has 0 N–H and O–H groups in total. The van der Waals surface area contributed by atoms with Crippen molar-refractivity contribution < 1.29 is 4.74 Å². The molecule has 0 aliphatic heterocycles. The average molecular weight is 257 g/mol. The Morgan fingerprint density at radius 2 is 2.07 bits per heavy atom. The van der Waals surface area contributed by atoms with Gasteiger partial charge in [0, 0.05) is 0 Å². The van der Waals surface area contributed by atoms with Gasteiger partial charge in [-0.15, -0.1) is 0 Å². The number of hydrogen-bond donors (Lipinski definition) is 0. The molecule has 0 aliphatic rings. The van der Waals surface area contributed by atoms with Crippen molar-refractivity contribution in [1.82, 2.24) is 0 Å². The highest BCUT2D eigenvalue weighted by atomic mass is 79.9. The molecule has 0 unspecified atom stereocenters. The first-order valence-corrected chi connectivity index (χ1v) is 5.84. The number of ether oxygens (including phenoxy) is 1. The molecule has 0 heterocycles. The number of hydrogen-bond acceptors (Lipinski definition) is 1. The van der Waals surface area contributed by atoms with Crippen molar-refractivity contribution in [2.75, 3.05) is 6.61 Å². The predicted molar refractivity (Wildman–Crippen MR) is 63.9 cm³/mol. The third kappa shape index (κ3) is 3.33. The van der Waals surface area contributed by atoms with Gasteiger partial charge in [0.2, 0.25) is 0 Å². The summed E-state index contributed by atoms with van der Waals surface area (Å²) in [7, 11) is 0. The maximum atomic E-state index is 5.65. The zero-order valence-electron chi connectivity index (χ0n) is 9.01. The Kier molecular flexibility index (Phi) is 4.46. The normalized spacial score (nSPS) is 10.6. The van der Waals surface area contributed by atoms with Crippen LogP contribution in [0.25, 0.3) is 0 Å². The molecule has 0 amide bonds. The van der Waals surface area contributed by atoms with Crippen LogP contribution in [0.15, 0.2) is 22.7 Å². The molecule has 14 heavy (non-hydrogen) atoms. The molecule has 0 saturated heterocycles. The standard InChI is InChI=1S/C12H17BrO/c1-4-10-5-6-12(11(13)7-10)14-8-9(2)3/h5-7,9H,4,8H2,1-3H3. The second-order valence-electron chi connectivity index (χ2n) is 3.82. The van der Waals surface area contributed by atoms with Crippen molar-refractivity contribution in [2.45, 2.75) is 27.2 Å². The molecular weight excluding hydrogens is 240 g/mol. The molecule has 2 heteroatoms. The lowest BCUT2D eigenvalue weighted by Crippen LogP contribution is -2.04. The maximum Gasteiger partial charge on any atom is 0.133 e. The van der Waals surface area contributed by atoms with E-state index in [1.807, 2.05) is 6.07 Å². The minimum atomic E-state index is 0.563. The van der Waals surface area contributed by atoms with Gasteiger partial charge in [-0.2, -0.15) is 0 Å². The topological polar surface area (TPSA) is 9.23 Å². The van der Waals surface area contributed by atoms with Crippen LogP contribution in [0.4, 0.5) is 0 Å². The fourth-order valence-electron chi connectivity index (χ4n) is 1.14. The summed E-state index contributed by atoms with van der Waals surface area (Å²) >= 11 is 3.51. The van der Waals surface area contributed by atoms with Crippen LogP contribution in [-0.4, -0.2) is 6.61 Å². The SMILES string of the molecule is CCc1ccc(OCC(C)C)c(Br)c1. The third-order valence-electron chi connectivity index (χ3n) is 1.98. The van der Waals surface area contributed by atoms with Crippen LogP contribution in [0.5, 0.6) is 5.75 Å². The Balaban J connectivity index is 2.69. The molecule has 78 valence electrons. The van der Waals surface area contributed by atoms with E-state index in [9.17, 15) is 0 Å². The quantitative estimate of drug-likeness (QED) is 0.790. The van der Waals surface area contributed by atoms with E-state index in [0.717, 1.165) is 23.2 Å². The van der Waals surface area contributed by atoms with Crippen molar-refractivity contribution in [3.05, 3.63) is 28.2 Å². The smallest absolute Gasteiger partial charge is 0.133 e. The predicted octanol–water partition coefficient (Wildman–Crippen LogP) is 4.05. The highest BCUT2D eigenvalue weighted by molar-refractivity contribution is 9.10. The molecule has 0 aromatic heterocycles. The molecule has 0 aliphatic carbocycles. The maximum absolute atomic E-state index is 5.65. The summed E-state index contributed by atoms with van der Waals surface area (Å²) in [5, 5.41) is 0. The van der Waals surface area contributed by atoms with Crippen molar-refractivity contribution >= 4 is 15.9 Å². The van der Waals surface area contributed by atoms with E-state index >= 15 is 0 Å². The Labute approximate surface area is 94.6 Å². The Morgan fingerprint density at radius 3 is 2.57 bits per heavy atom. The zero-order valence-corrected chi connectivity index (χ0v) is 10.6. The number of benzene rings is 1. The zero-order chi connectivity index (χ0) is 10.6. The summed E-state index contributed by atoms with van der Waals surface area (Å²) in [6.45, 7) is 7.21. The summed E-state index contributed by atoms with van der Waals surface area (Å²) in [6.07, 6.45) is 1.06. The van der Waals surface area contributed by atoms with Gasteiger partial charge >= 0.3 is 0 Å². The molecule has 1 aromatic carbocycles. The van der Waals surface area contributed by atoms with E-state index in [1.165, 1.54) is 5.56 Å². The molecule has 0 spiro atoms. The van der Waals surface area contributed by atoms with Gasteiger partial charge in [-0.25, -0.2) is 0 Å². The number of rotatable bonds is 4. The van der Waals surface area contributed by atoms with Crippen LogP contribution in [0.3, 0.4) is 0 Å².